The van der Waals surface area contributed by atoms with Gasteiger partial charge >= 0.3 is 0 Å². The van der Waals surface area contributed by atoms with Crippen LogP contribution in [-0.2, 0) is 9.53 Å². The number of morpholine rings is 1. The predicted octanol–water partition coefficient (Wildman–Crippen LogP) is 3.55. The van der Waals surface area contributed by atoms with Crippen LogP contribution >= 0.6 is 0 Å². The Hall–Kier alpha value is -3.07. The van der Waals surface area contributed by atoms with Crippen molar-refractivity contribution in [2.24, 2.45) is 0 Å². The van der Waals surface area contributed by atoms with Crippen molar-refractivity contribution >= 4 is 11.8 Å². The Kier molecular flexibility index (Phi) is 5.31. The molecular weight excluding hydrogens is 437 g/mol. The number of halogens is 3. The number of carbonyl (C=O) groups is 2. The third kappa shape index (κ3) is 3.84. The Morgan fingerprint density at radius 2 is 1.73 bits per heavy atom. The zero-order valence-corrected chi connectivity index (χ0v) is 17.8. The number of phenols is 1. The summed E-state index contributed by atoms with van der Waals surface area (Å²) >= 11 is 0. The second kappa shape index (κ2) is 8.06. The number of hydrogen-bond acceptors (Lipinski definition) is 4. The summed E-state index contributed by atoms with van der Waals surface area (Å²) in [5, 5.41) is 9.61. The number of likely N-dealkylation sites (tertiary alicyclic amines) is 1. The number of fused-ring (bicyclic) bond motifs is 2. The van der Waals surface area contributed by atoms with Gasteiger partial charge in [0.25, 0.3) is 11.8 Å². The van der Waals surface area contributed by atoms with Gasteiger partial charge in [-0.15, -0.1) is 0 Å². The van der Waals surface area contributed by atoms with E-state index in [2.05, 4.69) is 0 Å². The highest BCUT2D eigenvalue weighted by Gasteiger charge is 2.53. The Balaban J connectivity index is 1.35. The van der Waals surface area contributed by atoms with Crippen molar-refractivity contribution in [1.29, 1.82) is 0 Å². The van der Waals surface area contributed by atoms with Crippen molar-refractivity contribution in [3.05, 3.63) is 65.0 Å². The highest BCUT2D eigenvalue weighted by Crippen LogP contribution is 2.43. The molecule has 3 fully saturated rings. The van der Waals surface area contributed by atoms with Gasteiger partial charge in [-0.2, -0.15) is 0 Å². The van der Waals surface area contributed by atoms with E-state index in [4.69, 9.17) is 4.74 Å². The van der Waals surface area contributed by atoms with Crippen LogP contribution in [0.25, 0.3) is 0 Å². The largest absolute Gasteiger partial charge is 0.508 e. The molecule has 2 aromatic carbocycles. The number of piperidine rings is 2. The number of phenolic OH excluding ortho intramolecular Hbond substituents is 1. The highest BCUT2D eigenvalue weighted by atomic mass is 19.1. The van der Waals surface area contributed by atoms with Gasteiger partial charge in [-0.05, 0) is 48.7 Å². The first-order chi connectivity index (χ1) is 15.8. The maximum atomic E-state index is 14.1. The lowest BCUT2D eigenvalue weighted by Gasteiger charge is -2.53. The summed E-state index contributed by atoms with van der Waals surface area (Å²) in [5.41, 5.74) is -0.930. The lowest BCUT2D eigenvalue weighted by atomic mass is 9.83. The van der Waals surface area contributed by atoms with Crippen LogP contribution in [0.5, 0.6) is 5.75 Å². The first kappa shape index (κ1) is 21.8. The monoisotopic (exact) mass is 460 g/mol. The van der Waals surface area contributed by atoms with Crippen LogP contribution in [0.15, 0.2) is 36.4 Å². The van der Waals surface area contributed by atoms with Crippen LogP contribution in [0.3, 0.4) is 0 Å². The minimum atomic E-state index is -1.12. The van der Waals surface area contributed by atoms with E-state index in [1.165, 1.54) is 23.1 Å². The van der Waals surface area contributed by atoms with E-state index in [0.717, 1.165) is 18.2 Å². The van der Waals surface area contributed by atoms with Crippen molar-refractivity contribution in [3.63, 3.8) is 0 Å². The van der Waals surface area contributed by atoms with Crippen LogP contribution in [0.1, 0.15) is 47.6 Å². The molecule has 174 valence electrons. The fourth-order valence-electron chi connectivity index (χ4n) is 5.25. The molecule has 3 aliphatic rings. The Morgan fingerprint density at radius 3 is 2.42 bits per heavy atom. The van der Waals surface area contributed by atoms with E-state index in [1.807, 2.05) is 0 Å². The fraction of sp³-hybridized carbons (Fsp3) is 0.417. The molecule has 2 bridgehead atoms. The van der Waals surface area contributed by atoms with Crippen molar-refractivity contribution in [3.8, 4) is 5.75 Å². The lowest BCUT2D eigenvalue weighted by Crippen LogP contribution is -2.65. The third-order valence-corrected chi connectivity index (χ3v) is 6.89. The average molecular weight is 460 g/mol. The summed E-state index contributed by atoms with van der Waals surface area (Å²) in [6.07, 6.45) is 1.45. The first-order valence-corrected chi connectivity index (χ1v) is 11.0. The molecule has 9 heteroatoms. The van der Waals surface area contributed by atoms with E-state index in [-0.39, 0.29) is 49.3 Å². The van der Waals surface area contributed by atoms with E-state index >= 15 is 0 Å². The molecule has 3 aliphatic heterocycles. The lowest BCUT2D eigenvalue weighted by molar-refractivity contribution is -0.208. The summed E-state index contributed by atoms with van der Waals surface area (Å²) in [5.74, 6) is -3.12. The molecule has 6 nitrogen and oxygen atoms in total. The topological polar surface area (TPSA) is 70.1 Å². The van der Waals surface area contributed by atoms with E-state index in [9.17, 15) is 27.9 Å². The molecule has 0 radical (unpaired) electrons. The quantitative estimate of drug-likeness (QED) is 0.744. The first-order valence-electron chi connectivity index (χ1n) is 11.0. The number of ether oxygens (including phenoxy) is 1. The second-order valence-electron chi connectivity index (χ2n) is 8.94. The maximum absolute atomic E-state index is 14.1. The van der Waals surface area contributed by atoms with Gasteiger partial charge in [0, 0.05) is 38.5 Å². The number of carbonyl (C=O) groups excluding carboxylic acids is 2. The van der Waals surface area contributed by atoms with Gasteiger partial charge in [0.15, 0.2) is 5.60 Å². The van der Waals surface area contributed by atoms with Crippen LogP contribution in [0.2, 0.25) is 0 Å². The van der Waals surface area contributed by atoms with Gasteiger partial charge in [0.1, 0.15) is 23.2 Å². The molecule has 33 heavy (non-hydrogen) atoms. The number of aromatic hydroxyl groups is 1. The molecule has 5 rings (SSSR count). The molecule has 3 heterocycles. The van der Waals surface area contributed by atoms with Crippen LogP contribution in [0, 0.1) is 17.5 Å². The van der Waals surface area contributed by atoms with Gasteiger partial charge in [-0.1, -0.05) is 0 Å². The molecule has 0 aromatic heterocycles. The highest BCUT2D eigenvalue weighted by molar-refractivity contribution is 5.95. The molecule has 2 aromatic rings. The van der Waals surface area contributed by atoms with Crippen LogP contribution < -0.4 is 0 Å². The molecule has 0 saturated carbocycles. The fourth-order valence-corrected chi connectivity index (χ4v) is 5.25. The van der Waals surface area contributed by atoms with Crippen molar-refractivity contribution in [2.45, 2.75) is 43.4 Å². The minimum absolute atomic E-state index is 0.180. The average Bonchev–Trinajstić information content (AvgIpc) is 2.79. The SMILES string of the molecule is O=C(c1cc(O)ccc1F)N1CCC2(CC1)O[C@H]1CC[C@@H](c3cc(F)cc(F)c3)N(C1)C2=O. The minimum Gasteiger partial charge on any atom is -0.508 e. The molecule has 0 unspecified atom stereocenters. The molecule has 2 atom stereocenters. The smallest absolute Gasteiger partial charge is 0.256 e. The third-order valence-electron chi connectivity index (χ3n) is 6.89. The number of nitrogens with zero attached hydrogens (tertiary/aromatic N) is 2. The normalized spacial score (nSPS) is 24.3. The van der Waals surface area contributed by atoms with E-state index < -0.39 is 35.0 Å². The summed E-state index contributed by atoms with van der Waals surface area (Å²) in [6.45, 7) is 0.708. The molecular formula is C24H23F3N2O4. The van der Waals surface area contributed by atoms with Gasteiger partial charge in [-0.3, -0.25) is 9.59 Å². The summed E-state index contributed by atoms with van der Waals surface area (Å²) < 4.78 is 47.9. The van der Waals surface area contributed by atoms with Crippen molar-refractivity contribution < 1.29 is 32.6 Å². The van der Waals surface area contributed by atoms with Crippen LogP contribution in [0.4, 0.5) is 13.2 Å². The number of amides is 2. The van der Waals surface area contributed by atoms with Gasteiger partial charge in [0.2, 0.25) is 0 Å². The standard InChI is InChI=1S/C24H23F3N2O4/c25-15-9-14(10-16(26)11-15)21-4-2-18-13-29(21)23(32)24(33-18)5-7-28(8-6-24)22(31)19-12-17(30)1-3-20(19)27/h1,3,9-12,18,21,30H,2,4-8,13H2/t18-,21-/m0/s1. The maximum Gasteiger partial charge on any atom is 0.256 e. The van der Waals surface area contributed by atoms with E-state index in [1.54, 1.807) is 4.90 Å². The van der Waals surface area contributed by atoms with Crippen molar-refractivity contribution in [2.75, 3.05) is 19.6 Å². The molecule has 2 amide bonds. The zero-order valence-electron chi connectivity index (χ0n) is 17.8. The summed E-state index contributed by atoms with van der Waals surface area (Å²) in [7, 11) is 0. The zero-order chi connectivity index (χ0) is 23.3. The Bertz CT molecular complexity index is 1100. The summed E-state index contributed by atoms with van der Waals surface area (Å²) in [6, 6.07) is 6.17. The van der Waals surface area contributed by atoms with Gasteiger partial charge < -0.3 is 19.6 Å². The van der Waals surface area contributed by atoms with E-state index in [0.29, 0.717) is 24.9 Å². The molecule has 1 spiro atoms. The second-order valence-corrected chi connectivity index (χ2v) is 8.94. The molecule has 1 N–H and O–H groups in total. The predicted molar refractivity (Wildman–Crippen MR) is 111 cm³/mol. The van der Waals surface area contributed by atoms with Crippen molar-refractivity contribution in [1.82, 2.24) is 9.80 Å². The Labute approximate surface area is 188 Å². The number of rotatable bonds is 2. The Morgan fingerprint density at radius 1 is 1.03 bits per heavy atom. The molecule has 3 saturated heterocycles. The van der Waals surface area contributed by atoms with Gasteiger partial charge in [-0.25, -0.2) is 13.2 Å². The number of benzene rings is 2. The van der Waals surface area contributed by atoms with Crippen LogP contribution in [-0.4, -0.2) is 58.1 Å². The van der Waals surface area contributed by atoms with Gasteiger partial charge in [0.05, 0.1) is 17.7 Å². The number of hydrogen-bond donors (Lipinski definition) is 1. The summed E-state index contributed by atoms with van der Waals surface area (Å²) in [4.78, 5) is 29.4. The molecule has 0 aliphatic carbocycles.